The summed E-state index contributed by atoms with van der Waals surface area (Å²) in [5, 5.41) is 11.7. The number of nitrogens with zero attached hydrogens (tertiary/aromatic N) is 2. The van der Waals surface area contributed by atoms with E-state index in [1.165, 1.54) is 17.0 Å². The number of hydrogen-bond donors (Lipinski definition) is 1. The van der Waals surface area contributed by atoms with Crippen LogP contribution in [0.3, 0.4) is 0 Å². The summed E-state index contributed by atoms with van der Waals surface area (Å²) in [5.74, 6) is -0.729. The number of carbonyl (C=O) groups is 2. The van der Waals surface area contributed by atoms with E-state index >= 15 is 0 Å². The lowest BCUT2D eigenvalue weighted by Gasteiger charge is -2.27. The van der Waals surface area contributed by atoms with Gasteiger partial charge in [-0.1, -0.05) is 44.0 Å². The largest absolute Gasteiger partial charge is 0.325 e. The maximum atomic E-state index is 13.3. The number of nitrogens with one attached hydrogen (secondary N) is 1. The van der Waals surface area contributed by atoms with Gasteiger partial charge in [0.25, 0.3) is 5.91 Å². The summed E-state index contributed by atoms with van der Waals surface area (Å²) in [7, 11) is 0. The maximum absolute atomic E-state index is 13.3. The molecular weight excluding hydrogens is 345 g/mol. The average molecular weight is 365 g/mol. The number of urea groups is 1. The van der Waals surface area contributed by atoms with Crippen LogP contribution in [0.15, 0.2) is 48.5 Å². The first-order chi connectivity index (χ1) is 13.0. The van der Waals surface area contributed by atoms with E-state index in [9.17, 15) is 14.0 Å². The summed E-state index contributed by atoms with van der Waals surface area (Å²) in [6.07, 6.45) is 2.05. The van der Waals surface area contributed by atoms with E-state index in [1.807, 2.05) is 13.0 Å². The number of hydrogen-bond acceptors (Lipinski definition) is 3. The summed E-state index contributed by atoms with van der Waals surface area (Å²) in [5.41, 5.74) is 0.674. The Hall–Kier alpha value is -3.20. The van der Waals surface area contributed by atoms with Gasteiger partial charge in [-0.05, 0) is 41.8 Å². The quantitative estimate of drug-likeness (QED) is 0.791. The van der Waals surface area contributed by atoms with Gasteiger partial charge in [-0.25, -0.2) is 9.18 Å². The van der Waals surface area contributed by atoms with Crippen molar-refractivity contribution in [3.05, 3.63) is 71.0 Å². The van der Waals surface area contributed by atoms with Crippen LogP contribution in [0.1, 0.15) is 42.9 Å². The van der Waals surface area contributed by atoms with Crippen LogP contribution in [-0.2, 0) is 16.9 Å². The number of unbranched alkanes of at least 4 members (excludes halogenated alkanes) is 1. The Labute approximate surface area is 157 Å². The minimum atomic E-state index is -1.17. The highest BCUT2D eigenvalue weighted by Crippen LogP contribution is 2.35. The van der Waals surface area contributed by atoms with Crippen LogP contribution in [0.4, 0.5) is 9.18 Å². The molecular formula is C21H20FN3O2. The van der Waals surface area contributed by atoms with Crippen molar-refractivity contribution in [3.8, 4) is 6.07 Å². The summed E-state index contributed by atoms with van der Waals surface area (Å²) in [6.45, 7) is 2.12. The molecule has 0 aliphatic carbocycles. The minimum absolute atomic E-state index is 0.117. The van der Waals surface area contributed by atoms with Gasteiger partial charge in [0.05, 0.1) is 18.2 Å². The average Bonchev–Trinajstić information content (AvgIpc) is 2.92. The van der Waals surface area contributed by atoms with Gasteiger partial charge in [0.2, 0.25) is 0 Å². The first-order valence-corrected chi connectivity index (χ1v) is 8.89. The van der Waals surface area contributed by atoms with Crippen LogP contribution < -0.4 is 5.32 Å². The fourth-order valence-electron chi connectivity index (χ4n) is 3.32. The molecule has 1 unspecified atom stereocenters. The van der Waals surface area contributed by atoms with E-state index in [-0.39, 0.29) is 12.5 Å². The standard InChI is InChI=1S/C21H20FN3O2/c1-2-3-12-21(17-8-10-18(22)11-9-17)19(26)25(20(27)24-21)14-16-6-4-15(13-23)5-7-16/h4-11H,2-3,12,14H2,1H3,(H,24,27). The molecule has 1 heterocycles. The molecule has 3 amide bonds. The molecule has 0 spiro atoms. The van der Waals surface area contributed by atoms with Crippen molar-refractivity contribution < 1.29 is 14.0 Å². The van der Waals surface area contributed by atoms with E-state index in [2.05, 4.69) is 5.32 Å². The molecule has 2 aromatic rings. The van der Waals surface area contributed by atoms with Crippen molar-refractivity contribution in [2.24, 2.45) is 0 Å². The van der Waals surface area contributed by atoms with E-state index in [0.29, 0.717) is 17.5 Å². The number of benzene rings is 2. The molecule has 1 aliphatic rings. The Morgan fingerprint density at radius 3 is 2.37 bits per heavy atom. The smallest absolute Gasteiger partial charge is 0.319 e. The molecule has 0 aromatic heterocycles. The Balaban J connectivity index is 1.91. The van der Waals surface area contributed by atoms with E-state index < -0.39 is 17.4 Å². The van der Waals surface area contributed by atoms with Crippen LogP contribution >= 0.6 is 0 Å². The summed E-state index contributed by atoms with van der Waals surface area (Å²) in [6, 6.07) is 14.0. The van der Waals surface area contributed by atoms with Crippen molar-refractivity contribution in [3.63, 3.8) is 0 Å². The molecule has 1 fully saturated rings. The third-order valence-electron chi connectivity index (χ3n) is 4.84. The van der Waals surface area contributed by atoms with Gasteiger partial charge in [-0.15, -0.1) is 0 Å². The molecule has 1 N–H and O–H groups in total. The second-order valence-electron chi connectivity index (χ2n) is 6.65. The zero-order valence-electron chi connectivity index (χ0n) is 15.0. The van der Waals surface area contributed by atoms with Gasteiger partial charge in [0.1, 0.15) is 11.4 Å². The molecule has 2 aromatic carbocycles. The van der Waals surface area contributed by atoms with Gasteiger partial charge in [0.15, 0.2) is 0 Å². The Morgan fingerprint density at radius 2 is 1.78 bits per heavy atom. The Morgan fingerprint density at radius 1 is 1.11 bits per heavy atom. The van der Waals surface area contributed by atoms with E-state index in [1.54, 1.807) is 36.4 Å². The van der Waals surface area contributed by atoms with E-state index in [0.717, 1.165) is 18.4 Å². The van der Waals surface area contributed by atoms with Gasteiger partial charge in [-0.3, -0.25) is 9.69 Å². The highest BCUT2D eigenvalue weighted by molar-refractivity contribution is 6.07. The SMILES string of the molecule is CCCCC1(c2ccc(F)cc2)NC(=O)N(Cc2ccc(C#N)cc2)C1=O. The molecule has 1 saturated heterocycles. The van der Waals surface area contributed by atoms with Crippen molar-refractivity contribution in [2.45, 2.75) is 38.3 Å². The van der Waals surface area contributed by atoms with Crippen LogP contribution in [0.5, 0.6) is 0 Å². The molecule has 6 heteroatoms. The van der Waals surface area contributed by atoms with Crippen molar-refractivity contribution in [1.82, 2.24) is 10.2 Å². The lowest BCUT2D eigenvalue weighted by Crippen LogP contribution is -2.44. The summed E-state index contributed by atoms with van der Waals surface area (Å²) in [4.78, 5) is 27.0. The molecule has 5 nitrogen and oxygen atoms in total. The zero-order chi connectivity index (χ0) is 19.4. The fourth-order valence-corrected chi connectivity index (χ4v) is 3.32. The lowest BCUT2D eigenvalue weighted by molar-refractivity contribution is -0.132. The monoisotopic (exact) mass is 365 g/mol. The molecule has 0 bridgehead atoms. The van der Waals surface area contributed by atoms with Crippen molar-refractivity contribution >= 4 is 11.9 Å². The molecule has 138 valence electrons. The topological polar surface area (TPSA) is 73.2 Å². The molecule has 3 rings (SSSR count). The van der Waals surface area contributed by atoms with E-state index in [4.69, 9.17) is 5.26 Å². The lowest BCUT2D eigenvalue weighted by atomic mass is 9.84. The molecule has 1 atom stereocenters. The predicted octanol–water partition coefficient (Wildman–Crippen LogP) is 3.83. The van der Waals surface area contributed by atoms with Crippen molar-refractivity contribution in [1.29, 1.82) is 5.26 Å². The second-order valence-corrected chi connectivity index (χ2v) is 6.65. The molecule has 0 radical (unpaired) electrons. The molecule has 27 heavy (non-hydrogen) atoms. The number of nitriles is 1. The number of imide groups is 1. The van der Waals surface area contributed by atoms with Crippen LogP contribution in [0.2, 0.25) is 0 Å². The minimum Gasteiger partial charge on any atom is -0.319 e. The van der Waals surface area contributed by atoms with Gasteiger partial charge >= 0.3 is 6.03 Å². The zero-order valence-corrected chi connectivity index (χ0v) is 15.0. The summed E-state index contributed by atoms with van der Waals surface area (Å²) < 4.78 is 13.3. The normalized spacial score (nSPS) is 19.1. The molecule has 0 saturated carbocycles. The number of carbonyl (C=O) groups excluding carboxylic acids is 2. The number of amides is 3. The maximum Gasteiger partial charge on any atom is 0.325 e. The second kappa shape index (κ2) is 7.58. The first-order valence-electron chi connectivity index (χ1n) is 8.89. The van der Waals surface area contributed by atoms with Crippen LogP contribution in [0, 0.1) is 17.1 Å². The van der Waals surface area contributed by atoms with Gasteiger partial charge < -0.3 is 5.32 Å². The third-order valence-corrected chi connectivity index (χ3v) is 4.84. The predicted molar refractivity (Wildman–Crippen MR) is 97.8 cm³/mol. The first kappa shape index (κ1) is 18.6. The van der Waals surface area contributed by atoms with Gasteiger partial charge in [-0.2, -0.15) is 5.26 Å². The fraction of sp³-hybridized carbons (Fsp3) is 0.286. The molecule has 1 aliphatic heterocycles. The number of rotatable bonds is 6. The van der Waals surface area contributed by atoms with Gasteiger partial charge in [0, 0.05) is 0 Å². The Kier molecular flexibility index (Phi) is 5.22. The number of halogens is 1. The third kappa shape index (κ3) is 3.54. The highest BCUT2D eigenvalue weighted by Gasteiger charge is 2.51. The van der Waals surface area contributed by atoms with Crippen LogP contribution in [-0.4, -0.2) is 16.8 Å². The van der Waals surface area contributed by atoms with Crippen LogP contribution in [0.25, 0.3) is 0 Å². The highest BCUT2D eigenvalue weighted by atomic mass is 19.1. The Bertz CT molecular complexity index is 887. The van der Waals surface area contributed by atoms with Crippen molar-refractivity contribution in [2.75, 3.05) is 0 Å². The summed E-state index contributed by atoms with van der Waals surface area (Å²) >= 11 is 0.